The Kier molecular flexibility index (Phi) is 17.9. The van der Waals surface area contributed by atoms with E-state index in [2.05, 4.69) is 9.24 Å². The maximum absolute atomic E-state index is 8.76. The van der Waals surface area contributed by atoms with Crippen molar-refractivity contribution in [2.45, 2.75) is 13.8 Å². The summed E-state index contributed by atoms with van der Waals surface area (Å²) in [4.78, 5) is 0. The van der Waals surface area contributed by atoms with Crippen LogP contribution in [0, 0.1) is 13.8 Å². The summed E-state index contributed by atoms with van der Waals surface area (Å²) in [7, 11) is 2.42. The zero-order valence-electron chi connectivity index (χ0n) is 11.9. The average Bonchev–Trinajstić information content (AvgIpc) is 2.40. The number of benzene rings is 2. The van der Waals surface area contributed by atoms with Crippen LogP contribution < -0.4 is 0 Å². The molecule has 112 valence electrons. The molecule has 0 aliphatic heterocycles. The Bertz CT molecular complexity index is 347. The minimum atomic E-state index is 0. The van der Waals surface area contributed by atoms with Gasteiger partial charge < -0.3 is 10.2 Å². The van der Waals surface area contributed by atoms with E-state index in [1.807, 2.05) is 44.8 Å². The van der Waals surface area contributed by atoms with Gasteiger partial charge in [0.15, 0.2) is 0 Å². The molecule has 0 aliphatic carbocycles. The Balaban J connectivity index is -0.000000236. The van der Waals surface area contributed by atoms with Crippen molar-refractivity contribution in [3.63, 3.8) is 0 Å². The molecule has 0 heterocycles. The van der Waals surface area contributed by atoms with Crippen LogP contribution in [-0.2, 0) is 17.4 Å². The normalized spacial score (nSPS) is 7.60. The van der Waals surface area contributed by atoms with Gasteiger partial charge in [0.05, 0.1) is 0 Å². The molecule has 5 heteroatoms. The van der Waals surface area contributed by atoms with Gasteiger partial charge in [0.25, 0.3) is 0 Å². The van der Waals surface area contributed by atoms with Crippen LogP contribution in [0.5, 0.6) is 11.5 Å². The van der Waals surface area contributed by atoms with Crippen molar-refractivity contribution < 1.29 is 27.6 Å². The zero-order valence-corrected chi connectivity index (χ0v) is 15.2. The predicted molar refractivity (Wildman–Crippen MR) is 88.6 cm³/mol. The maximum Gasteiger partial charge on any atom is 0.115 e. The van der Waals surface area contributed by atoms with Gasteiger partial charge in [-0.3, -0.25) is 0 Å². The first-order chi connectivity index (χ1) is 8.58. The summed E-state index contributed by atoms with van der Waals surface area (Å²) in [6.07, 6.45) is 0. The standard InChI is InChI=1S/2C7H8O.CH5P.ClH.Cr/c2*1-6-2-4-7(8)5-3-6;1-2;;/h2*2-5,8H,1H3;2H2,1H3;1H;. The molecule has 20 heavy (non-hydrogen) atoms. The third-order valence-electron chi connectivity index (χ3n) is 2.07. The van der Waals surface area contributed by atoms with Crippen molar-refractivity contribution in [2.24, 2.45) is 0 Å². The quantitative estimate of drug-likeness (QED) is 0.693. The van der Waals surface area contributed by atoms with Crippen LogP contribution in [0.2, 0.25) is 0 Å². The number of phenols is 2. The van der Waals surface area contributed by atoms with Crippen LogP contribution in [0.3, 0.4) is 0 Å². The van der Waals surface area contributed by atoms with Crippen LogP contribution in [-0.4, -0.2) is 16.9 Å². The predicted octanol–water partition coefficient (Wildman–Crippen LogP) is 4.31. The maximum atomic E-state index is 8.76. The van der Waals surface area contributed by atoms with Crippen molar-refractivity contribution in [1.29, 1.82) is 0 Å². The fraction of sp³-hybridized carbons (Fsp3) is 0.200. The monoisotopic (exact) mass is 352 g/mol. The number of phenolic OH excluding ortho intramolecular Hbond substituents is 2. The Morgan fingerprint density at radius 2 is 0.850 bits per heavy atom. The SMILES string of the molecule is CP.Cc1ccc(O)cc1.Cc1ccc(O)cc1.Cl.[Cr]. The molecule has 0 spiro atoms. The number of aromatic hydroxyl groups is 2. The molecule has 1 atom stereocenters. The molecule has 0 saturated heterocycles. The summed E-state index contributed by atoms with van der Waals surface area (Å²) in [5.41, 5.74) is 2.34. The zero-order chi connectivity index (χ0) is 14.0. The van der Waals surface area contributed by atoms with E-state index in [1.54, 1.807) is 24.3 Å². The Hall–Kier alpha value is -0.708. The van der Waals surface area contributed by atoms with Crippen molar-refractivity contribution in [1.82, 2.24) is 0 Å². The summed E-state index contributed by atoms with van der Waals surface area (Å²) in [6.45, 7) is 5.89. The summed E-state index contributed by atoms with van der Waals surface area (Å²) >= 11 is 0. The molecule has 2 nitrogen and oxygen atoms in total. The van der Waals surface area contributed by atoms with Crippen LogP contribution in [0.15, 0.2) is 48.5 Å². The second-order valence-corrected chi connectivity index (χ2v) is 3.67. The Labute approximate surface area is 141 Å². The largest absolute Gasteiger partial charge is 0.508 e. The number of hydrogen-bond donors (Lipinski definition) is 2. The molecule has 0 amide bonds. The van der Waals surface area contributed by atoms with E-state index in [-0.39, 0.29) is 29.8 Å². The van der Waals surface area contributed by atoms with Gasteiger partial charge in [0.2, 0.25) is 0 Å². The number of rotatable bonds is 0. The Morgan fingerprint density at radius 3 is 1.00 bits per heavy atom. The number of aryl methyl sites for hydroxylation is 2. The topological polar surface area (TPSA) is 40.5 Å². The van der Waals surface area contributed by atoms with Gasteiger partial charge >= 0.3 is 0 Å². The molecule has 2 rings (SSSR count). The van der Waals surface area contributed by atoms with E-state index in [9.17, 15) is 0 Å². The first kappa shape index (κ1) is 24.3. The van der Waals surface area contributed by atoms with Crippen LogP contribution in [0.1, 0.15) is 11.1 Å². The molecule has 2 aromatic carbocycles. The molecular formula is C15H22ClCrO2P. The van der Waals surface area contributed by atoms with Crippen molar-refractivity contribution in [2.75, 3.05) is 6.66 Å². The molecule has 0 bridgehead atoms. The van der Waals surface area contributed by atoms with Gasteiger partial charge in [0.1, 0.15) is 11.5 Å². The molecule has 2 aromatic rings. The fourth-order valence-corrected chi connectivity index (χ4v) is 1.09. The second-order valence-electron chi connectivity index (χ2n) is 3.67. The van der Waals surface area contributed by atoms with Gasteiger partial charge in [0, 0.05) is 17.4 Å². The first-order valence-corrected chi connectivity index (χ1v) is 6.82. The van der Waals surface area contributed by atoms with Gasteiger partial charge in [-0.25, -0.2) is 0 Å². The van der Waals surface area contributed by atoms with Crippen molar-refractivity contribution in [3.8, 4) is 11.5 Å². The molecule has 0 fully saturated rings. The molecular weight excluding hydrogens is 331 g/mol. The van der Waals surface area contributed by atoms with Crippen molar-refractivity contribution in [3.05, 3.63) is 59.7 Å². The molecule has 0 saturated carbocycles. The number of halogens is 1. The van der Waals surface area contributed by atoms with Crippen LogP contribution in [0.4, 0.5) is 0 Å². The van der Waals surface area contributed by atoms with E-state index in [4.69, 9.17) is 10.2 Å². The molecule has 2 N–H and O–H groups in total. The first-order valence-electron chi connectivity index (χ1n) is 5.67. The Morgan fingerprint density at radius 1 is 0.650 bits per heavy atom. The van der Waals surface area contributed by atoms with E-state index in [1.165, 1.54) is 11.1 Å². The van der Waals surface area contributed by atoms with Gasteiger partial charge in [-0.05, 0) is 38.1 Å². The molecule has 0 aromatic heterocycles. The summed E-state index contributed by atoms with van der Waals surface area (Å²) < 4.78 is 0. The molecule has 0 aliphatic rings. The smallest absolute Gasteiger partial charge is 0.115 e. The minimum absolute atomic E-state index is 0. The van der Waals surface area contributed by atoms with Crippen LogP contribution in [0.25, 0.3) is 0 Å². The van der Waals surface area contributed by atoms with Gasteiger partial charge in [-0.2, -0.15) is 0 Å². The summed E-state index contributed by atoms with van der Waals surface area (Å²) in [5.74, 6) is 0.659. The van der Waals surface area contributed by atoms with Crippen LogP contribution >= 0.6 is 21.6 Å². The van der Waals surface area contributed by atoms with E-state index < -0.39 is 0 Å². The van der Waals surface area contributed by atoms with E-state index in [0.717, 1.165) is 0 Å². The average molecular weight is 353 g/mol. The summed E-state index contributed by atoms with van der Waals surface area (Å²) in [6, 6.07) is 14.2. The second kappa shape index (κ2) is 14.7. The summed E-state index contributed by atoms with van der Waals surface area (Å²) in [5, 5.41) is 17.5. The van der Waals surface area contributed by atoms with E-state index >= 15 is 0 Å². The molecule has 0 radical (unpaired) electrons. The van der Waals surface area contributed by atoms with E-state index in [0.29, 0.717) is 11.5 Å². The minimum Gasteiger partial charge on any atom is -0.508 e. The fourth-order valence-electron chi connectivity index (χ4n) is 1.09. The number of hydrogen-bond acceptors (Lipinski definition) is 2. The van der Waals surface area contributed by atoms with Gasteiger partial charge in [-0.1, -0.05) is 42.1 Å². The van der Waals surface area contributed by atoms with Crippen molar-refractivity contribution >= 4 is 21.6 Å². The third kappa shape index (κ3) is 12.3. The van der Waals surface area contributed by atoms with Gasteiger partial charge in [-0.15, -0.1) is 21.6 Å². The molecule has 1 unspecified atom stereocenters. The third-order valence-corrected chi connectivity index (χ3v) is 2.07.